The van der Waals surface area contributed by atoms with E-state index in [-0.39, 0.29) is 17.6 Å². The second-order valence-electron chi connectivity index (χ2n) is 7.21. The van der Waals surface area contributed by atoms with Crippen LogP contribution < -0.4 is 24.8 Å². The van der Waals surface area contributed by atoms with Crippen LogP contribution in [0.1, 0.15) is 10.4 Å². The summed E-state index contributed by atoms with van der Waals surface area (Å²) in [5, 5.41) is 6.24. The number of rotatable bonds is 9. The number of nitrogens with zero attached hydrogens (tertiary/aromatic N) is 1. The number of carbonyl (C=O) groups excluding carboxylic acids is 2. The Morgan fingerprint density at radius 2 is 1.63 bits per heavy atom. The predicted octanol–water partition coefficient (Wildman–Crippen LogP) is 5.31. The number of ether oxygens (including phenoxy) is 3. The third kappa shape index (κ3) is 5.84. The summed E-state index contributed by atoms with van der Waals surface area (Å²) in [4.78, 5) is 30.5. The van der Waals surface area contributed by atoms with Crippen LogP contribution in [0.15, 0.2) is 65.6 Å². The van der Waals surface area contributed by atoms with Crippen LogP contribution in [-0.4, -0.2) is 43.9 Å². The van der Waals surface area contributed by atoms with E-state index in [4.69, 9.17) is 14.2 Å². The highest BCUT2D eigenvalue weighted by atomic mass is 32.2. The number of benzene rings is 3. The number of thiazole rings is 1. The summed E-state index contributed by atoms with van der Waals surface area (Å²) >= 11 is 2.79. The van der Waals surface area contributed by atoms with Crippen molar-refractivity contribution in [3.05, 3.63) is 66.2 Å². The van der Waals surface area contributed by atoms with Gasteiger partial charge in [0, 0.05) is 10.6 Å². The molecular formula is C25H23N3O5S2. The largest absolute Gasteiger partial charge is 0.497 e. The van der Waals surface area contributed by atoms with E-state index >= 15 is 0 Å². The molecule has 0 radical (unpaired) electrons. The number of methoxy groups -OCH3 is 3. The SMILES string of the molecule is COc1ccc2nc(NC(=O)CSc3ccc(NC(=O)c4c(OC)cccc4OC)cc3)sc2c1. The zero-order valence-corrected chi connectivity index (χ0v) is 20.9. The van der Waals surface area contributed by atoms with E-state index in [0.29, 0.717) is 27.9 Å². The lowest BCUT2D eigenvalue weighted by Crippen LogP contribution is -2.14. The average Bonchev–Trinajstić information content (AvgIpc) is 3.28. The molecule has 2 amide bonds. The summed E-state index contributed by atoms with van der Waals surface area (Å²) in [5.74, 6) is 1.33. The number of fused-ring (bicyclic) bond motifs is 1. The maximum absolute atomic E-state index is 12.8. The van der Waals surface area contributed by atoms with Crippen molar-refractivity contribution in [2.24, 2.45) is 0 Å². The van der Waals surface area contributed by atoms with Crippen LogP contribution in [0.4, 0.5) is 10.8 Å². The summed E-state index contributed by atoms with van der Waals surface area (Å²) in [6.45, 7) is 0. The molecule has 4 aromatic rings. The first-order chi connectivity index (χ1) is 17.0. The molecular weight excluding hydrogens is 486 g/mol. The maximum atomic E-state index is 12.8. The van der Waals surface area contributed by atoms with Crippen LogP contribution >= 0.6 is 23.1 Å². The monoisotopic (exact) mass is 509 g/mol. The normalized spacial score (nSPS) is 10.6. The smallest absolute Gasteiger partial charge is 0.263 e. The molecule has 3 aromatic carbocycles. The number of thioether (sulfide) groups is 1. The van der Waals surface area contributed by atoms with Gasteiger partial charge in [-0.3, -0.25) is 9.59 Å². The van der Waals surface area contributed by atoms with Gasteiger partial charge >= 0.3 is 0 Å². The lowest BCUT2D eigenvalue weighted by atomic mass is 10.1. The molecule has 0 aliphatic carbocycles. The molecule has 180 valence electrons. The fourth-order valence-electron chi connectivity index (χ4n) is 3.29. The first-order valence-electron chi connectivity index (χ1n) is 10.5. The Morgan fingerprint density at radius 3 is 2.29 bits per heavy atom. The second kappa shape index (κ2) is 11.1. The molecule has 8 nitrogen and oxygen atoms in total. The van der Waals surface area contributed by atoms with Crippen LogP contribution in [-0.2, 0) is 4.79 Å². The van der Waals surface area contributed by atoms with Gasteiger partial charge in [-0.05, 0) is 54.6 Å². The topological polar surface area (TPSA) is 98.8 Å². The number of amides is 2. The first-order valence-corrected chi connectivity index (χ1v) is 12.3. The fourth-order valence-corrected chi connectivity index (χ4v) is 4.90. The first kappa shape index (κ1) is 24.4. The molecule has 2 N–H and O–H groups in total. The molecule has 0 aliphatic heterocycles. The zero-order valence-electron chi connectivity index (χ0n) is 19.3. The van der Waals surface area contributed by atoms with Gasteiger partial charge in [0.05, 0.1) is 37.3 Å². The number of aromatic nitrogens is 1. The third-order valence-electron chi connectivity index (χ3n) is 4.98. The van der Waals surface area contributed by atoms with Crippen LogP contribution in [0.3, 0.4) is 0 Å². The molecule has 4 rings (SSSR count). The number of hydrogen-bond donors (Lipinski definition) is 2. The standard InChI is InChI=1S/C25H23N3O5S2/c1-31-16-9-12-18-21(13-16)35-25(27-18)28-22(29)14-34-17-10-7-15(8-11-17)26-24(30)23-19(32-2)5-4-6-20(23)33-3/h4-13H,14H2,1-3H3,(H,26,30)(H,27,28,29). The summed E-state index contributed by atoms with van der Waals surface area (Å²) in [6.07, 6.45) is 0. The molecule has 1 heterocycles. The Bertz CT molecular complexity index is 1330. The minimum atomic E-state index is -0.340. The number of anilines is 2. The third-order valence-corrected chi connectivity index (χ3v) is 6.92. The van der Waals surface area contributed by atoms with Crippen molar-refractivity contribution in [1.29, 1.82) is 0 Å². The zero-order chi connectivity index (χ0) is 24.8. The van der Waals surface area contributed by atoms with Gasteiger partial charge in [0.25, 0.3) is 5.91 Å². The van der Waals surface area contributed by atoms with E-state index in [1.807, 2.05) is 30.3 Å². The van der Waals surface area contributed by atoms with Crippen molar-refractivity contribution in [3.8, 4) is 17.2 Å². The highest BCUT2D eigenvalue weighted by Gasteiger charge is 2.18. The fraction of sp³-hybridized carbons (Fsp3) is 0.160. The van der Waals surface area contributed by atoms with E-state index < -0.39 is 0 Å². The van der Waals surface area contributed by atoms with E-state index in [1.165, 1.54) is 37.3 Å². The van der Waals surface area contributed by atoms with Gasteiger partial charge in [-0.15, -0.1) is 11.8 Å². The van der Waals surface area contributed by atoms with E-state index in [2.05, 4.69) is 15.6 Å². The number of hydrogen-bond acceptors (Lipinski definition) is 8. The van der Waals surface area contributed by atoms with Gasteiger partial charge in [0.2, 0.25) is 5.91 Å². The number of carbonyl (C=O) groups is 2. The predicted molar refractivity (Wildman–Crippen MR) is 139 cm³/mol. The summed E-state index contributed by atoms with van der Waals surface area (Å²) in [7, 11) is 4.61. The lowest BCUT2D eigenvalue weighted by molar-refractivity contribution is -0.113. The van der Waals surface area contributed by atoms with Gasteiger partial charge < -0.3 is 24.8 Å². The molecule has 0 saturated heterocycles. The lowest BCUT2D eigenvalue weighted by Gasteiger charge is -2.13. The van der Waals surface area contributed by atoms with E-state index in [9.17, 15) is 9.59 Å². The van der Waals surface area contributed by atoms with E-state index in [0.717, 1.165) is 20.9 Å². The molecule has 1 aromatic heterocycles. The van der Waals surface area contributed by atoms with Crippen molar-refractivity contribution in [1.82, 2.24) is 4.98 Å². The molecule has 0 spiro atoms. The number of nitrogens with one attached hydrogen (secondary N) is 2. The average molecular weight is 510 g/mol. The van der Waals surface area contributed by atoms with E-state index in [1.54, 1.807) is 37.4 Å². The maximum Gasteiger partial charge on any atom is 0.263 e. The van der Waals surface area contributed by atoms with Crippen molar-refractivity contribution in [3.63, 3.8) is 0 Å². The summed E-state index contributed by atoms with van der Waals surface area (Å²) < 4.78 is 16.8. The van der Waals surface area contributed by atoms with Gasteiger partial charge in [0.1, 0.15) is 22.8 Å². The van der Waals surface area contributed by atoms with Crippen LogP contribution in [0, 0.1) is 0 Å². The molecule has 0 aliphatic rings. The van der Waals surface area contributed by atoms with Gasteiger partial charge in [0.15, 0.2) is 5.13 Å². The highest BCUT2D eigenvalue weighted by molar-refractivity contribution is 8.00. The Balaban J connectivity index is 1.33. The van der Waals surface area contributed by atoms with Crippen LogP contribution in [0.25, 0.3) is 10.2 Å². The Hall–Kier alpha value is -3.76. The molecule has 10 heteroatoms. The van der Waals surface area contributed by atoms with Crippen LogP contribution in [0.2, 0.25) is 0 Å². The Morgan fingerprint density at radius 1 is 0.914 bits per heavy atom. The summed E-state index contributed by atoms with van der Waals surface area (Å²) in [5.41, 5.74) is 1.74. The van der Waals surface area contributed by atoms with Gasteiger partial charge in [-0.2, -0.15) is 0 Å². The Labute approximate surface area is 210 Å². The minimum absolute atomic E-state index is 0.151. The van der Waals surface area contributed by atoms with Crippen LogP contribution in [0.5, 0.6) is 17.2 Å². The highest BCUT2D eigenvalue weighted by Crippen LogP contribution is 2.31. The second-order valence-corrected chi connectivity index (χ2v) is 9.28. The van der Waals surface area contributed by atoms with Gasteiger partial charge in [-0.1, -0.05) is 17.4 Å². The van der Waals surface area contributed by atoms with Crippen molar-refractivity contribution in [2.75, 3.05) is 37.7 Å². The van der Waals surface area contributed by atoms with Crippen molar-refractivity contribution in [2.45, 2.75) is 4.90 Å². The van der Waals surface area contributed by atoms with Crippen molar-refractivity contribution < 1.29 is 23.8 Å². The molecule has 0 atom stereocenters. The Kier molecular flexibility index (Phi) is 7.74. The molecule has 0 bridgehead atoms. The quantitative estimate of drug-likeness (QED) is 0.295. The van der Waals surface area contributed by atoms with Gasteiger partial charge in [-0.25, -0.2) is 4.98 Å². The minimum Gasteiger partial charge on any atom is -0.497 e. The van der Waals surface area contributed by atoms with Crippen molar-refractivity contribution >= 4 is 55.9 Å². The molecule has 0 saturated carbocycles. The molecule has 0 unspecified atom stereocenters. The molecule has 0 fully saturated rings. The summed E-state index contributed by atoms with van der Waals surface area (Å²) in [6, 6.07) is 18.0. The molecule has 35 heavy (non-hydrogen) atoms.